The molecule has 3 rings (SSSR count). The molecule has 0 heteroatoms. The number of hydrogen-bond donors (Lipinski definition) is 0. The fraction of sp³-hybridized carbons (Fsp3) is 0.360. The first kappa shape index (κ1) is 17.7. The van der Waals surface area contributed by atoms with Gasteiger partial charge in [0.05, 0.1) is 0 Å². The van der Waals surface area contributed by atoms with Crippen LogP contribution in [-0.2, 0) is 5.41 Å². The Morgan fingerprint density at radius 2 is 1.52 bits per heavy atom. The molecule has 0 unspecified atom stereocenters. The Balaban J connectivity index is 2.47. The van der Waals surface area contributed by atoms with Crippen molar-refractivity contribution in [3.8, 4) is 11.1 Å². The first-order chi connectivity index (χ1) is 12.0. The minimum absolute atomic E-state index is 0.141. The zero-order valence-corrected chi connectivity index (χ0v) is 16.2. The van der Waals surface area contributed by atoms with Crippen molar-refractivity contribution in [1.29, 1.82) is 0 Å². The Labute approximate surface area is 153 Å². The van der Waals surface area contributed by atoms with Crippen molar-refractivity contribution in [3.05, 3.63) is 70.8 Å². The van der Waals surface area contributed by atoms with Crippen LogP contribution in [0.15, 0.2) is 37.4 Å². The second-order valence-corrected chi connectivity index (χ2v) is 7.48. The molecule has 130 valence electrons. The van der Waals surface area contributed by atoms with Crippen LogP contribution in [0.5, 0.6) is 0 Å². The molecule has 0 saturated carbocycles. The number of rotatable bonds is 6. The summed E-state index contributed by atoms with van der Waals surface area (Å²) in [6, 6.07) is 9.43. The van der Waals surface area contributed by atoms with Crippen LogP contribution < -0.4 is 0 Å². The van der Waals surface area contributed by atoms with E-state index in [4.69, 9.17) is 0 Å². The predicted octanol–water partition coefficient (Wildman–Crippen LogP) is 7.46. The fourth-order valence-electron chi connectivity index (χ4n) is 4.94. The van der Waals surface area contributed by atoms with Crippen molar-refractivity contribution in [1.82, 2.24) is 0 Å². The highest BCUT2D eigenvalue weighted by Crippen LogP contribution is 2.56. The van der Waals surface area contributed by atoms with Gasteiger partial charge in [0, 0.05) is 5.41 Å². The maximum Gasteiger partial charge on any atom is 0.0215 e. The van der Waals surface area contributed by atoms with Crippen molar-refractivity contribution in [2.24, 2.45) is 0 Å². The Morgan fingerprint density at radius 1 is 0.880 bits per heavy atom. The Kier molecular flexibility index (Phi) is 4.73. The van der Waals surface area contributed by atoms with Gasteiger partial charge < -0.3 is 0 Å². The fourth-order valence-corrected chi connectivity index (χ4v) is 4.94. The molecular formula is C25H30. The first-order valence-electron chi connectivity index (χ1n) is 9.58. The highest BCUT2D eigenvalue weighted by atomic mass is 14.5. The maximum absolute atomic E-state index is 4.14. The van der Waals surface area contributed by atoms with Gasteiger partial charge in [0.15, 0.2) is 0 Å². The predicted molar refractivity (Wildman–Crippen MR) is 112 cm³/mol. The molecule has 0 spiro atoms. The highest BCUT2D eigenvalue weighted by molar-refractivity contribution is 5.91. The SMILES string of the molecule is C=Cc1c(C)cc2c(c1C=C)-c1ccc(C)cc1C2(CCC)CCC. The van der Waals surface area contributed by atoms with E-state index in [1.165, 1.54) is 70.2 Å². The van der Waals surface area contributed by atoms with E-state index in [1.54, 1.807) is 0 Å². The maximum atomic E-state index is 4.14. The number of hydrogen-bond acceptors (Lipinski definition) is 0. The van der Waals surface area contributed by atoms with E-state index in [0.29, 0.717) is 0 Å². The lowest BCUT2D eigenvalue weighted by molar-refractivity contribution is 0.435. The summed E-state index contributed by atoms with van der Waals surface area (Å²) in [4.78, 5) is 0. The van der Waals surface area contributed by atoms with Gasteiger partial charge in [0.25, 0.3) is 0 Å². The Bertz CT molecular complexity index is 830. The van der Waals surface area contributed by atoms with Gasteiger partial charge in [-0.1, -0.05) is 81.8 Å². The van der Waals surface area contributed by atoms with Crippen molar-refractivity contribution in [3.63, 3.8) is 0 Å². The molecule has 0 radical (unpaired) electrons. The molecule has 0 heterocycles. The second kappa shape index (κ2) is 6.67. The zero-order valence-electron chi connectivity index (χ0n) is 16.2. The van der Waals surface area contributed by atoms with Crippen LogP contribution in [0.25, 0.3) is 23.3 Å². The normalized spacial score (nSPS) is 14.1. The second-order valence-electron chi connectivity index (χ2n) is 7.48. The summed E-state index contributed by atoms with van der Waals surface area (Å²) in [6.07, 6.45) is 8.80. The van der Waals surface area contributed by atoms with E-state index in [1.807, 2.05) is 12.2 Å². The summed E-state index contributed by atoms with van der Waals surface area (Å²) in [5.74, 6) is 0. The molecule has 0 fully saturated rings. The van der Waals surface area contributed by atoms with Gasteiger partial charge in [0.2, 0.25) is 0 Å². The number of benzene rings is 2. The third-order valence-electron chi connectivity index (χ3n) is 5.85. The van der Waals surface area contributed by atoms with E-state index >= 15 is 0 Å². The van der Waals surface area contributed by atoms with Gasteiger partial charge in [-0.25, -0.2) is 0 Å². The molecule has 0 N–H and O–H groups in total. The minimum atomic E-state index is 0.141. The molecule has 0 aromatic heterocycles. The molecule has 25 heavy (non-hydrogen) atoms. The van der Waals surface area contributed by atoms with E-state index in [2.05, 4.69) is 65.1 Å². The van der Waals surface area contributed by atoms with Crippen LogP contribution >= 0.6 is 0 Å². The molecule has 0 amide bonds. The van der Waals surface area contributed by atoms with E-state index in [-0.39, 0.29) is 5.41 Å². The van der Waals surface area contributed by atoms with Crippen molar-refractivity contribution < 1.29 is 0 Å². The van der Waals surface area contributed by atoms with Gasteiger partial charge in [-0.3, -0.25) is 0 Å². The zero-order chi connectivity index (χ0) is 18.2. The van der Waals surface area contributed by atoms with E-state index in [9.17, 15) is 0 Å². The van der Waals surface area contributed by atoms with Gasteiger partial charge in [0.1, 0.15) is 0 Å². The summed E-state index contributed by atoms with van der Waals surface area (Å²) in [5.41, 5.74) is 11.1. The van der Waals surface area contributed by atoms with Gasteiger partial charge >= 0.3 is 0 Å². The molecule has 0 aliphatic heterocycles. The van der Waals surface area contributed by atoms with Crippen LogP contribution in [0.2, 0.25) is 0 Å². The monoisotopic (exact) mass is 330 g/mol. The van der Waals surface area contributed by atoms with E-state index < -0.39 is 0 Å². The molecule has 2 aromatic rings. The molecule has 0 nitrogen and oxygen atoms in total. The lowest BCUT2D eigenvalue weighted by Gasteiger charge is -2.32. The number of aryl methyl sites for hydroxylation is 2. The van der Waals surface area contributed by atoms with Gasteiger partial charge in [-0.2, -0.15) is 0 Å². The average molecular weight is 331 g/mol. The Morgan fingerprint density at radius 3 is 2.08 bits per heavy atom. The quantitative estimate of drug-likeness (QED) is 0.515. The molecule has 2 aromatic carbocycles. The largest absolute Gasteiger partial charge is 0.0984 e. The standard InChI is InChI=1S/C25H30/c1-7-13-25(14-8-2)22-15-17(5)11-12-21(22)24-20(10-4)19(9-3)18(6)16-23(24)25/h9-12,15-16H,3-4,7-8,13-14H2,1-2,5-6H3. The summed E-state index contributed by atoms with van der Waals surface area (Å²) in [5, 5.41) is 0. The van der Waals surface area contributed by atoms with Crippen LogP contribution in [-0.4, -0.2) is 0 Å². The smallest absolute Gasteiger partial charge is 0.0215 e. The van der Waals surface area contributed by atoms with Crippen LogP contribution in [0.3, 0.4) is 0 Å². The summed E-state index contributed by atoms with van der Waals surface area (Å²) < 4.78 is 0. The summed E-state index contributed by atoms with van der Waals surface area (Å²) >= 11 is 0. The lowest BCUT2D eigenvalue weighted by atomic mass is 9.70. The highest BCUT2D eigenvalue weighted by Gasteiger charge is 2.43. The Hall–Kier alpha value is -2.08. The molecule has 0 atom stereocenters. The van der Waals surface area contributed by atoms with Crippen LogP contribution in [0.4, 0.5) is 0 Å². The third kappa shape index (κ3) is 2.51. The van der Waals surface area contributed by atoms with Crippen molar-refractivity contribution in [2.75, 3.05) is 0 Å². The minimum Gasteiger partial charge on any atom is -0.0984 e. The van der Waals surface area contributed by atoms with Gasteiger partial charge in [-0.05, 0) is 65.6 Å². The lowest BCUT2D eigenvalue weighted by Crippen LogP contribution is -2.25. The third-order valence-corrected chi connectivity index (χ3v) is 5.85. The van der Waals surface area contributed by atoms with E-state index in [0.717, 1.165) is 0 Å². The van der Waals surface area contributed by atoms with Crippen LogP contribution in [0, 0.1) is 13.8 Å². The summed E-state index contributed by atoms with van der Waals surface area (Å²) in [6.45, 7) is 17.2. The first-order valence-corrected chi connectivity index (χ1v) is 9.58. The van der Waals surface area contributed by atoms with Gasteiger partial charge in [-0.15, -0.1) is 0 Å². The molecule has 1 aliphatic carbocycles. The summed E-state index contributed by atoms with van der Waals surface area (Å²) in [7, 11) is 0. The van der Waals surface area contributed by atoms with Crippen LogP contribution in [0.1, 0.15) is 72.9 Å². The van der Waals surface area contributed by atoms with Crippen molar-refractivity contribution in [2.45, 2.75) is 58.8 Å². The molecule has 0 bridgehead atoms. The molecule has 1 aliphatic rings. The molecule has 0 saturated heterocycles. The number of fused-ring (bicyclic) bond motifs is 3. The molecular weight excluding hydrogens is 300 g/mol. The average Bonchev–Trinajstić information content (AvgIpc) is 2.84. The topological polar surface area (TPSA) is 0 Å². The van der Waals surface area contributed by atoms with Crippen molar-refractivity contribution >= 4 is 12.2 Å².